The van der Waals surface area contributed by atoms with Gasteiger partial charge in [-0.05, 0) is 35.9 Å². The molecule has 5 nitrogen and oxygen atoms in total. The molecule has 1 aromatic carbocycles. The van der Waals surface area contributed by atoms with Crippen molar-refractivity contribution >= 4 is 16.9 Å². The van der Waals surface area contributed by atoms with Gasteiger partial charge in [0, 0.05) is 17.6 Å². The second kappa shape index (κ2) is 6.39. The molecule has 0 aliphatic heterocycles. The molecule has 0 amide bonds. The minimum atomic E-state index is -4.78. The van der Waals surface area contributed by atoms with E-state index in [-0.39, 0.29) is 17.8 Å². The normalized spacial score (nSPS) is 11.5. The Morgan fingerprint density at radius 2 is 1.80 bits per heavy atom. The maximum atomic E-state index is 12.5. The highest BCUT2D eigenvalue weighted by atomic mass is 19.4. The van der Waals surface area contributed by atoms with E-state index in [0.29, 0.717) is 10.9 Å². The minimum absolute atomic E-state index is 0.165. The first-order chi connectivity index (χ1) is 11.8. The molecule has 0 aliphatic rings. The van der Waals surface area contributed by atoms with E-state index in [1.807, 2.05) is 0 Å². The van der Waals surface area contributed by atoms with Gasteiger partial charge in [0.2, 0.25) is 5.91 Å². The number of pyridine rings is 2. The molecule has 2 heterocycles. The predicted octanol–water partition coefficient (Wildman–Crippen LogP) is 3.18. The number of ether oxygens (including phenoxy) is 1. The van der Waals surface area contributed by atoms with Gasteiger partial charge >= 0.3 is 6.36 Å². The Morgan fingerprint density at radius 3 is 2.48 bits per heavy atom. The lowest BCUT2D eigenvalue weighted by molar-refractivity contribution is -0.274. The molecule has 128 valence electrons. The smallest absolute Gasteiger partial charge is 0.406 e. The number of halogens is 3. The summed E-state index contributed by atoms with van der Waals surface area (Å²) in [6.07, 6.45) is -3.48. The number of benzene rings is 1. The van der Waals surface area contributed by atoms with Crippen LogP contribution in [0.25, 0.3) is 11.0 Å². The molecule has 0 N–H and O–H groups in total. The number of hydrogen-bond acceptors (Lipinski definition) is 4. The third-order valence-electron chi connectivity index (χ3n) is 3.42. The topological polar surface area (TPSA) is 61.2 Å². The van der Waals surface area contributed by atoms with E-state index in [2.05, 4.69) is 9.72 Å². The molecule has 0 saturated carbocycles. The summed E-state index contributed by atoms with van der Waals surface area (Å²) in [5.74, 6) is -0.911. The Labute approximate surface area is 139 Å². The van der Waals surface area contributed by atoms with Gasteiger partial charge in [0.25, 0.3) is 5.56 Å². The Bertz CT molecular complexity index is 979. The number of aromatic nitrogens is 2. The van der Waals surface area contributed by atoms with Crippen LogP contribution in [0.5, 0.6) is 5.75 Å². The zero-order valence-corrected chi connectivity index (χ0v) is 12.7. The number of alkyl halides is 3. The van der Waals surface area contributed by atoms with Crippen molar-refractivity contribution in [3.05, 3.63) is 70.6 Å². The molecule has 3 aromatic rings. The quantitative estimate of drug-likeness (QED) is 0.729. The third-order valence-corrected chi connectivity index (χ3v) is 3.42. The number of fused-ring (bicyclic) bond motifs is 1. The molecular weight excluding hydrogens is 337 g/mol. The number of rotatable bonds is 3. The van der Waals surface area contributed by atoms with E-state index in [9.17, 15) is 22.8 Å². The van der Waals surface area contributed by atoms with Crippen LogP contribution >= 0.6 is 0 Å². The summed E-state index contributed by atoms with van der Waals surface area (Å²) in [4.78, 5) is 28.6. The summed E-state index contributed by atoms with van der Waals surface area (Å²) in [5.41, 5.74) is 0.157. The predicted molar refractivity (Wildman–Crippen MR) is 83.5 cm³/mol. The van der Waals surface area contributed by atoms with Crippen molar-refractivity contribution in [3.63, 3.8) is 0 Å². The number of carbonyl (C=O) groups excluding carboxylic acids is 1. The average molecular weight is 348 g/mol. The molecule has 0 aliphatic carbocycles. The summed E-state index contributed by atoms with van der Waals surface area (Å²) in [7, 11) is 0. The minimum Gasteiger partial charge on any atom is -0.406 e. The van der Waals surface area contributed by atoms with Crippen molar-refractivity contribution in [3.8, 4) is 5.75 Å². The van der Waals surface area contributed by atoms with Gasteiger partial charge in [0.1, 0.15) is 11.4 Å². The van der Waals surface area contributed by atoms with Crippen molar-refractivity contribution in [1.29, 1.82) is 0 Å². The highest BCUT2D eigenvalue weighted by Gasteiger charge is 2.31. The number of hydrogen-bond donors (Lipinski definition) is 0. The van der Waals surface area contributed by atoms with Crippen LogP contribution in [0.15, 0.2) is 59.5 Å². The van der Waals surface area contributed by atoms with Crippen molar-refractivity contribution in [2.24, 2.45) is 0 Å². The Hall–Kier alpha value is -3.16. The molecule has 0 bridgehead atoms. The lowest BCUT2D eigenvalue weighted by Crippen LogP contribution is -2.28. The van der Waals surface area contributed by atoms with Crippen molar-refractivity contribution < 1.29 is 22.7 Å². The van der Waals surface area contributed by atoms with E-state index in [4.69, 9.17) is 0 Å². The lowest BCUT2D eigenvalue weighted by atomic mass is 10.1. The summed E-state index contributed by atoms with van der Waals surface area (Å²) in [5, 5.41) is 0.629. The van der Waals surface area contributed by atoms with Gasteiger partial charge in [-0.2, -0.15) is 0 Å². The molecular formula is C17H11F3N2O3. The lowest BCUT2D eigenvalue weighted by Gasteiger charge is -2.10. The Morgan fingerprint density at radius 1 is 1.08 bits per heavy atom. The molecule has 0 radical (unpaired) electrons. The molecule has 2 aromatic heterocycles. The van der Waals surface area contributed by atoms with Gasteiger partial charge in [-0.15, -0.1) is 13.2 Å². The van der Waals surface area contributed by atoms with Crippen molar-refractivity contribution in [2.75, 3.05) is 0 Å². The van der Waals surface area contributed by atoms with E-state index in [1.54, 1.807) is 18.2 Å². The first-order valence-corrected chi connectivity index (χ1v) is 7.18. The zero-order chi connectivity index (χ0) is 18.0. The fourth-order valence-corrected chi connectivity index (χ4v) is 2.37. The molecule has 0 atom stereocenters. The summed E-state index contributed by atoms with van der Waals surface area (Å²) >= 11 is 0. The second-order valence-electron chi connectivity index (χ2n) is 5.19. The molecule has 8 heteroatoms. The highest BCUT2D eigenvalue weighted by Crippen LogP contribution is 2.23. The molecule has 0 fully saturated rings. The number of nitrogens with zero attached hydrogens (tertiary/aromatic N) is 2. The second-order valence-corrected chi connectivity index (χ2v) is 5.19. The Kier molecular flexibility index (Phi) is 4.26. The first-order valence-electron chi connectivity index (χ1n) is 7.18. The maximum absolute atomic E-state index is 12.5. The van der Waals surface area contributed by atoms with Gasteiger partial charge in [-0.3, -0.25) is 9.59 Å². The summed E-state index contributed by atoms with van der Waals surface area (Å²) in [6, 6.07) is 11.1. The summed E-state index contributed by atoms with van der Waals surface area (Å²) in [6.45, 7) is 0. The van der Waals surface area contributed by atoms with E-state index >= 15 is 0 Å². The van der Waals surface area contributed by atoms with Crippen LogP contribution in [-0.4, -0.2) is 21.8 Å². The molecule has 0 spiro atoms. The number of carbonyl (C=O) groups is 1. The zero-order valence-electron chi connectivity index (χ0n) is 12.7. The molecule has 0 unspecified atom stereocenters. The van der Waals surface area contributed by atoms with Crippen LogP contribution in [0, 0.1) is 0 Å². The van der Waals surface area contributed by atoms with E-state index in [1.165, 1.54) is 24.4 Å². The van der Waals surface area contributed by atoms with Crippen LogP contribution in [-0.2, 0) is 6.42 Å². The fourth-order valence-electron chi connectivity index (χ4n) is 2.37. The van der Waals surface area contributed by atoms with E-state index < -0.39 is 17.8 Å². The first kappa shape index (κ1) is 16.7. The van der Waals surface area contributed by atoms with Gasteiger partial charge in [-0.1, -0.05) is 12.1 Å². The van der Waals surface area contributed by atoms with Crippen LogP contribution in [0.2, 0.25) is 0 Å². The van der Waals surface area contributed by atoms with Gasteiger partial charge in [0.05, 0.1) is 6.42 Å². The van der Waals surface area contributed by atoms with Gasteiger partial charge < -0.3 is 4.74 Å². The van der Waals surface area contributed by atoms with E-state index in [0.717, 1.165) is 16.7 Å². The maximum Gasteiger partial charge on any atom is 0.573 e. The molecule has 25 heavy (non-hydrogen) atoms. The van der Waals surface area contributed by atoms with Crippen LogP contribution in [0.3, 0.4) is 0 Å². The van der Waals surface area contributed by atoms with Crippen molar-refractivity contribution in [1.82, 2.24) is 9.55 Å². The molecule has 0 saturated heterocycles. The van der Waals surface area contributed by atoms with Crippen molar-refractivity contribution in [2.45, 2.75) is 12.8 Å². The Balaban J connectivity index is 1.86. The SMILES string of the molecule is O=C(Cc1ccc(OC(F)(F)F)cc1)n1c(=O)ccc2cccnc21. The standard InChI is InChI=1S/C17H11F3N2O3/c18-17(19,20)25-13-6-3-11(4-7-13)10-15(24)22-14(23)8-5-12-2-1-9-21-16(12)22/h1-9H,10H2. The fraction of sp³-hybridized carbons (Fsp3) is 0.118. The van der Waals surface area contributed by atoms with Crippen LogP contribution in [0.1, 0.15) is 10.4 Å². The highest BCUT2D eigenvalue weighted by molar-refractivity contribution is 5.90. The van der Waals surface area contributed by atoms with Gasteiger partial charge in [0.15, 0.2) is 0 Å². The van der Waals surface area contributed by atoms with Gasteiger partial charge in [-0.25, -0.2) is 9.55 Å². The largest absolute Gasteiger partial charge is 0.573 e. The summed E-state index contributed by atoms with van der Waals surface area (Å²) < 4.78 is 41.2. The van der Waals surface area contributed by atoms with Crippen LogP contribution < -0.4 is 10.3 Å². The average Bonchev–Trinajstić information content (AvgIpc) is 2.55. The molecule has 3 rings (SSSR count). The third kappa shape index (κ3) is 3.85. The van der Waals surface area contributed by atoms with Crippen LogP contribution in [0.4, 0.5) is 13.2 Å². The monoisotopic (exact) mass is 348 g/mol.